The standard InChI is InChI=1S/C8H12O5/c1-6(9)13-4-3-7(10)5-8(11)12-2/h3-5H2,1-2H3. The quantitative estimate of drug-likeness (QED) is 0.451. The summed E-state index contributed by atoms with van der Waals surface area (Å²) in [5.41, 5.74) is 0. The molecule has 0 saturated heterocycles. The minimum absolute atomic E-state index is 0.0190. The number of ketones is 1. The Hall–Kier alpha value is -1.39. The van der Waals surface area contributed by atoms with E-state index in [2.05, 4.69) is 9.47 Å². The zero-order chi connectivity index (χ0) is 10.3. The van der Waals surface area contributed by atoms with Gasteiger partial charge in [-0.05, 0) is 0 Å². The average molecular weight is 188 g/mol. The molecular formula is C8H12O5. The number of carbonyl (C=O) groups is 3. The first-order valence-electron chi connectivity index (χ1n) is 3.78. The van der Waals surface area contributed by atoms with E-state index in [1.165, 1.54) is 14.0 Å². The van der Waals surface area contributed by atoms with Crippen molar-refractivity contribution in [3.05, 3.63) is 0 Å². The van der Waals surface area contributed by atoms with Crippen molar-refractivity contribution >= 4 is 17.7 Å². The fourth-order valence-corrected chi connectivity index (χ4v) is 0.630. The SMILES string of the molecule is COC(=O)CC(=O)CCOC(C)=O. The number of esters is 2. The summed E-state index contributed by atoms with van der Waals surface area (Å²) in [6, 6.07) is 0. The molecule has 0 unspecified atom stereocenters. The maximum atomic E-state index is 10.9. The first-order chi connectivity index (χ1) is 6.06. The van der Waals surface area contributed by atoms with Gasteiger partial charge in [-0.25, -0.2) is 0 Å². The number of ether oxygens (including phenoxy) is 2. The van der Waals surface area contributed by atoms with Gasteiger partial charge in [-0.15, -0.1) is 0 Å². The third-order valence-electron chi connectivity index (χ3n) is 1.26. The Kier molecular flexibility index (Phi) is 5.50. The number of methoxy groups -OCH3 is 1. The summed E-state index contributed by atoms with van der Waals surface area (Å²) in [5, 5.41) is 0. The molecule has 0 amide bonds. The van der Waals surface area contributed by atoms with E-state index in [4.69, 9.17) is 0 Å². The largest absolute Gasteiger partial charge is 0.469 e. The van der Waals surface area contributed by atoms with Crippen molar-refractivity contribution in [3.8, 4) is 0 Å². The number of rotatable bonds is 5. The molecule has 0 spiro atoms. The number of hydrogen-bond acceptors (Lipinski definition) is 5. The maximum absolute atomic E-state index is 10.9. The summed E-state index contributed by atoms with van der Waals surface area (Å²) in [4.78, 5) is 31.7. The zero-order valence-corrected chi connectivity index (χ0v) is 7.66. The van der Waals surface area contributed by atoms with Crippen LogP contribution in [0.5, 0.6) is 0 Å². The van der Waals surface area contributed by atoms with Crippen LogP contribution in [0.3, 0.4) is 0 Å². The highest BCUT2D eigenvalue weighted by Crippen LogP contribution is 1.93. The van der Waals surface area contributed by atoms with Crippen LogP contribution in [0.1, 0.15) is 19.8 Å². The third-order valence-corrected chi connectivity index (χ3v) is 1.26. The van der Waals surface area contributed by atoms with Crippen molar-refractivity contribution in [2.45, 2.75) is 19.8 Å². The van der Waals surface area contributed by atoms with Crippen molar-refractivity contribution in [2.75, 3.05) is 13.7 Å². The Balaban J connectivity index is 3.52. The summed E-state index contributed by atoms with van der Waals surface area (Å²) in [6.45, 7) is 1.27. The van der Waals surface area contributed by atoms with Crippen molar-refractivity contribution in [1.29, 1.82) is 0 Å². The summed E-state index contributed by atoms with van der Waals surface area (Å²) in [6.07, 6.45) is -0.216. The molecule has 0 aliphatic carbocycles. The predicted molar refractivity (Wildman–Crippen MR) is 42.9 cm³/mol. The second-order valence-electron chi connectivity index (χ2n) is 2.38. The van der Waals surface area contributed by atoms with E-state index in [1.807, 2.05) is 0 Å². The van der Waals surface area contributed by atoms with Crippen LogP contribution in [-0.2, 0) is 23.9 Å². The van der Waals surface area contributed by atoms with Crippen LogP contribution in [0.15, 0.2) is 0 Å². The average Bonchev–Trinajstić information content (AvgIpc) is 2.03. The van der Waals surface area contributed by atoms with Gasteiger partial charge in [-0.3, -0.25) is 14.4 Å². The van der Waals surface area contributed by atoms with Crippen LogP contribution in [-0.4, -0.2) is 31.4 Å². The fraction of sp³-hybridized carbons (Fsp3) is 0.625. The van der Waals surface area contributed by atoms with Crippen LogP contribution < -0.4 is 0 Å². The fourth-order valence-electron chi connectivity index (χ4n) is 0.630. The first kappa shape index (κ1) is 11.6. The lowest BCUT2D eigenvalue weighted by Crippen LogP contribution is -2.12. The van der Waals surface area contributed by atoms with Gasteiger partial charge in [0.15, 0.2) is 0 Å². The molecule has 0 N–H and O–H groups in total. The Morgan fingerprint density at radius 3 is 2.31 bits per heavy atom. The molecule has 0 heterocycles. The maximum Gasteiger partial charge on any atom is 0.313 e. The molecule has 5 heteroatoms. The van der Waals surface area contributed by atoms with E-state index in [1.54, 1.807) is 0 Å². The van der Waals surface area contributed by atoms with E-state index in [0.717, 1.165) is 0 Å². The van der Waals surface area contributed by atoms with Crippen LogP contribution in [0.4, 0.5) is 0 Å². The highest BCUT2D eigenvalue weighted by atomic mass is 16.5. The lowest BCUT2D eigenvalue weighted by molar-refractivity contribution is -0.144. The van der Waals surface area contributed by atoms with E-state index in [0.29, 0.717) is 0 Å². The highest BCUT2D eigenvalue weighted by molar-refractivity contribution is 5.95. The molecule has 5 nitrogen and oxygen atoms in total. The van der Waals surface area contributed by atoms with Crippen LogP contribution >= 0.6 is 0 Å². The Labute approximate surface area is 76.0 Å². The van der Waals surface area contributed by atoms with Crippen molar-refractivity contribution in [1.82, 2.24) is 0 Å². The Morgan fingerprint density at radius 2 is 1.85 bits per heavy atom. The summed E-state index contributed by atoms with van der Waals surface area (Å²) >= 11 is 0. The molecule has 0 aromatic rings. The lowest BCUT2D eigenvalue weighted by atomic mass is 10.2. The second-order valence-corrected chi connectivity index (χ2v) is 2.38. The number of carbonyl (C=O) groups excluding carboxylic acids is 3. The van der Waals surface area contributed by atoms with Gasteiger partial charge < -0.3 is 9.47 Å². The van der Waals surface area contributed by atoms with Gasteiger partial charge in [0.2, 0.25) is 0 Å². The van der Waals surface area contributed by atoms with E-state index >= 15 is 0 Å². The smallest absolute Gasteiger partial charge is 0.313 e. The molecule has 0 rings (SSSR count). The lowest BCUT2D eigenvalue weighted by Gasteiger charge is -2.00. The van der Waals surface area contributed by atoms with Crippen LogP contribution in [0, 0.1) is 0 Å². The Morgan fingerprint density at radius 1 is 1.23 bits per heavy atom. The molecule has 0 saturated carbocycles. The van der Waals surface area contributed by atoms with Gasteiger partial charge in [-0.2, -0.15) is 0 Å². The van der Waals surface area contributed by atoms with Gasteiger partial charge in [0, 0.05) is 13.3 Å². The minimum atomic E-state index is -0.576. The molecule has 0 bridgehead atoms. The molecule has 13 heavy (non-hydrogen) atoms. The Bertz CT molecular complexity index is 209. The van der Waals surface area contributed by atoms with E-state index in [-0.39, 0.29) is 25.2 Å². The highest BCUT2D eigenvalue weighted by Gasteiger charge is 2.09. The summed E-state index contributed by atoms with van der Waals surface area (Å²) < 4.78 is 8.80. The topological polar surface area (TPSA) is 69.7 Å². The zero-order valence-electron chi connectivity index (χ0n) is 7.66. The normalized spacial score (nSPS) is 9.08. The van der Waals surface area contributed by atoms with Crippen molar-refractivity contribution < 1.29 is 23.9 Å². The monoisotopic (exact) mass is 188 g/mol. The molecule has 74 valence electrons. The van der Waals surface area contributed by atoms with E-state index in [9.17, 15) is 14.4 Å². The molecule has 0 aromatic carbocycles. The third kappa shape index (κ3) is 6.99. The van der Waals surface area contributed by atoms with Gasteiger partial charge >= 0.3 is 11.9 Å². The molecule has 0 aliphatic rings. The molecule has 0 aliphatic heterocycles. The van der Waals surface area contributed by atoms with Gasteiger partial charge in [0.05, 0.1) is 13.7 Å². The predicted octanol–water partition coefficient (Wildman–Crippen LogP) is 0.0718. The van der Waals surface area contributed by atoms with Crippen LogP contribution in [0.2, 0.25) is 0 Å². The van der Waals surface area contributed by atoms with Gasteiger partial charge in [0.25, 0.3) is 0 Å². The van der Waals surface area contributed by atoms with E-state index < -0.39 is 11.9 Å². The molecule has 0 fully saturated rings. The van der Waals surface area contributed by atoms with Crippen molar-refractivity contribution in [3.63, 3.8) is 0 Å². The molecular weight excluding hydrogens is 176 g/mol. The molecule has 0 radical (unpaired) electrons. The van der Waals surface area contributed by atoms with Gasteiger partial charge in [0.1, 0.15) is 12.2 Å². The minimum Gasteiger partial charge on any atom is -0.469 e. The summed E-state index contributed by atoms with van der Waals surface area (Å²) in [5.74, 6) is -1.31. The van der Waals surface area contributed by atoms with Crippen LogP contribution in [0.25, 0.3) is 0 Å². The summed E-state index contributed by atoms with van der Waals surface area (Å²) in [7, 11) is 1.21. The molecule has 0 atom stereocenters. The number of Topliss-reactive ketones (excluding diaryl/α,β-unsaturated/α-hetero) is 1. The second kappa shape index (κ2) is 6.16. The van der Waals surface area contributed by atoms with Crippen molar-refractivity contribution in [2.24, 2.45) is 0 Å². The number of hydrogen-bond donors (Lipinski definition) is 0. The molecule has 0 aromatic heterocycles. The first-order valence-corrected chi connectivity index (χ1v) is 3.78. The van der Waals surface area contributed by atoms with Gasteiger partial charge in [-0.1, -0.05) is 0 Å².